The molecular weight excluding hydrogens is 558 g/mol. The Kier molecular flexibility index (Phi) is 7.01. The maximum atomic E-state index is 13.8. The highest BCUT2D eigenvalue weighted by atomic mass is 35.5. The number of halogens is 1. The SMILES string of the molecule is Cn1c(Oc2ccccc2Cl)c(C=C2C(=O)NC(=S)N(c3ccc(Oc4ccccc4)cc3)C2=O)c2ccccc21. The van der Waals surface area contributed by atoms with Crippen molar-refractivity contribution in [2.24, 2.45) is 7.05 Å². The molecule has 6 rings (SSSR count). The van der Waals surface area contributed by atoms with Gasteiger partial charge in [-0.1, -0.05) is 60.1 Å². The number of ether oxygens (including phenoxy) is 2. The highest BCUT2D eigenvalue weighted by Crippen LogP contribution is 2.38. The molecule has 41 heavy (non-hydrogen) atoms. The topological polar surface area (TPSA) is 72.8 Å². The highest BCUT2D eigenvalue weighted by molar-refractivity contribution is 7.80. The predicted octanol–water partition coefficient (Wildman–Crippen LogP) is 7.25. The predicted molar refractivity (Wildman–Crippen MR) is 164 cm³/mol. The van der Waals surface area contributed by atoms with Gasteiger partial charge in [-0.05, 0) is 72.9 Å². The van der Waals surface area contributed by atoms with Gasteiger partial charge in [0.2, 0.25) is 5.88 Å². The van der Waals surface area contributed by atoms with Crippen LogP contribution in [0.4, 0.5) is 5.69 Å². The van der Waals surface area contributed by atoms with Crippen LogP contribution in [-0.2, 0) is 16.6 Å². The van der Waals surface area contributed by atoms with E-state index in [2.05, 4.69) is 5.32 Å². The number of nitrogens with one attached hydrogen (secondary N) is 1. The molecule has 1 saturated heterocycles. The standard InChI is InChI=1S/C32H22ClN3O4S/c1-35-27-13-7-5-11-23(27)24(31(35)40-28-14-8-6-12-26(28)33)19-25-29(37)34-32(41)36(30(25)38)20-15-17-22(18-16-20)39-21-9-3-2-4-10-21/h2-19H,1H3,(H,34,37,41). The van der Waals surface area contributed by atoms with E-state index in [-0.39, 0.29) is 10.7 Å². The van der Waals surface area contributed by atoms with E-state index in [1.54, 1.807) is 36.4 Å². The Morgan fingerprint density at radius 3 is 2.22 bits per heavy atom. The minimum atomic E-state index is -0.600. The number of aromatic nitrogens is 1. The highest BCUT2D eigenvalue weighted by Gasteiger charge is 2.35. The summed E-state index contributed by atoms with van der Waals surface area (Å²) in [6.45, 7) is 0. The number of rotatable bonds is 6. The van der Waals surface area contributed by atoms with Crippen molar-refractivity contribution in [3.8, 4) is 23.1 Å². The molecule has 1 aliphatic heterocycles. The lowest BCUT2D eigenvalue weighted by atomic mass is 10.1. The van der Waals surface area contributed by atoms with Crippen LogP contribution < -0.4 is 19.7 Å². The van der Waals surface area contributed by atoms with Gasteiger partial charge < -0.3 is 14.0 Å². The van der Waals surface area contributed by atoms with Crippen molar-refractivity contribution in [2.75, 3.05) is 4.90 Å². The molecule has 5 aromatic rings. The lowest BCUT2D eigenvalue weighted by molar-refractivity contribution is -0.122. The third kappa shape index (κ3) is 5.06. The molecule has 0 spiro atoms. The van der Waals surface area contributed by atoms with Gasteiger partial charge in [0.1, 0.15) is 22.8 Å². The first-order valence-electron chi connectivity index (χ1n) is 12.6. The molecule has 1 fully saturated rings. The number of carbonyl (C=O) groups is 2. The summed E-state index contributed by atoms with van der Waals surface area (Å²) >= 11 is 11.8. The Hall–Kier alpha value is -4.92. The van der Waals surface area contributed by atoms with Crippen molar-refractivity contribution >= 4 is 63.4 Å². The van der Waals surface area contributed by atoms with Gasteiger partial charge in [0.05, 0.1) is 16.2 Å². The number of fused-ring (bicyclic) bond motifs is 1. The van der Waals surface area contributed by atoms with E-state index in [4.69, 9.17) is 33.3 Å². The number of para-hydroxylation sites is 3. The number of thiocarbonyl (C=S) groups is 1. The number of benzene rings is 4. The second-order valence-electron chi connectivity index (χ2n) is 9.19. The summed E-state index contributed by atoms with van der Waals surface area (Å²) in [7, 11) is 1.85. The molecule has 2 heterocycles. The van der Waals surface area contributed by atoms with Crippen molar-refractivity contribution in [1.82, 2.24) is 9.88 Å². The fraction of sp³-hybridized carbons (Fsp3) is 0.0312. The molecule has 0 atom stereocenters. The normalized spacial score (nSPS) is 14.4. The quantitative estimate of drug-likeness (QED) is 0.130. The Morgan fingerprint density at radius 2 is 1.46 bits per heavy atom. The van der Waals surface area contributed by atoms with Crippen LogP contribution in [0.3, 0.4) is 0 Å². The molecule has 2 amide bonds. The molecule has 0 aliphatic carbocycles. The van der Waals surface area contributed by atoms with Crippen molar-refractivity contribution < 1.29 is 19.1 Å². The Bertz CT molecular complexity index is 1850. The fourth-order valence-corrected chi connectivity index (χ4v) is 5.07. The summed E-state index contributed by atoms with van der Waals surface area (Å²) in [5.74, 6) is 0.984. The number of carbonyl (C=O) groups excluding carboxylic acids is 2. The van der Waals surface area contributed by atoms with E-state index >= 15 is 0 Å². The molecule has 4 aromatic carbocycles. The fourth-order valence-electron chi connectivity index (χ4n) is 4.62. The number of hydrogen-bond acceptors (Lipinski definition) is 5. The van der Waals surface area contributed by atoms with E-state index in [1.807, 2.05) is 78.3 Å². The zero-order valence-electron chi connectivity index (χ0n) is 21.7. The average molecular weight is 580 g/mol. The monoisotopic (exact) mass is 579 g/mol. The minimum Gasteiger partial charge on any atom is -0.457 e. The summed E-state index contributed by atoms with van der Waals surface area (Å²) in [5.41, 5.74) is 1.80. The van der Waals surface area contributed by atoms with Crippen LogP contribution in [0.1, 0.15) is 5.56 Å². The van der Waals surface area contributed by atoms with Crippen molar-refractivity contribution in [3.63, 3.8) is 0 Å². The van der Waals surface area contributed by atoms with Gasteiger partial charge in [0.15, 0.2) is 5.11 Å². The van der Waals surface area contributed by atoms with Crippen molar-refractivity contribution in [1.29, 1.82) is 0 Å². The molecular formula is C32H22ClN3O4S. The Morgan fingerprint density at radius 1 is 0.805 bits per heavy atom. The van der Waals surface area contributed by atoms with E-state index in [0.29, 0.717) is 39.4 Å². The van der Waals surface area contributed by atoms with Crippen molar-refractivity contribution in [2.45, 2.75) is 0 Å². The molecule has 7 nitrogen and oxygen atoms in total. The average Bonchev–Trinajstić information content (AvgIpc) is 3.24. The molecule has 1 aromatic heterocycles. The third-order valence-electron chi connectivity index (χ3n) is 6.60. The summed E-state index contributed by atoms with van der Waals surface area (Å²) < 4.78 is 14.0. The van der Waals surface area contributed by atoms with Crippen LogP contribution in [-0.4, -0.2) is 21.5 Å². The van der Waals surface area contributed by atoms with Crippen molar-refractivity contribution in [3.05, 3.63) is 119 Å². The first kappa shape index (κ1) is 26.3. The van der Waals surface area contributed by atoms with Gasteiger partial charge in [-0.3, -0.25) is 19.8 Å². The molecule has 0 radical (unpaired) electrons. The minimum absolute atomic E-state index is 0.0145. The molecule has 1 aliphatic rings. The molecule has 9 heteroatoms. The Labute approximate surface area is 246 Å². The van der Waals surface area contributed by atoms with E-state index < -0.39 is 11.8 Å². The van der Waals surface area contributed by atoms with E-state index in [9.17, 15) is 9.59 Å². The summed E-state index contributed by atoms with van der Waals surface area (Å²) in [5, 5.41) is 3.86. The number of anilines is 1. The lowest BCUT2D eigenvalue weighted by Crippen LogP contribution is -2.54. The van der Waals surface area contributed by atoms with Crippen LogP contribution in [0.5, 0.6) is 23.1 Å². The van der Waals surface area contributed by atoms with Gasteiger partial charge in [0, 0.05) is 18.0 Å². The second-order valence-corrected chi connectivity index (χ2v) is 9.99. The maximum absolute atomic E-state index is 13.8. The second kappa shape index (κ2) is 10.9. The number of hydrogen-bond donors (Lipinski definition) is 1. The van der Waals surface area contributed by atoms with Gasteiger partial charge in [0.25, 0.3) is 11.8 Å². The van der Waals surface area contributed by atoms with E-state index in [1.165, 1.54) is 11.0 Å². The summed E-state index contributed by atoms with van der Waals surface area (Å²) in [6.07, 6.45) is 1.54. The van der Waals surface area contributed by atoms with Crippen LogP contribution >= 0.6 is 23.8 Å². The molecule has 202 valence electrons. The summed E-state index contributed by atoms with van der Waals surface area (Å²) in [6, 6.07) is 31.0. The van der Waals surface area contributed by atoms with Crippen LogP contribution in [0.25, 0.3) is 17.0 Å². The van der Waals surface area contributed by atoms with Gasteiger partial charge in [-0.2, -0.15) is 0 Å². The smallest absolute Gasteiger partial charge is 0.270 e. The zero-order chi connectivity index (χ0) is 28.5. The van der Waals surface area contributed by atoms with Gasteiger partial charge in [-0.15, -0.1) is 0 Å². The van der Waals surface area contributed by atoms with Crippen LogP contribution in [0, 0.1) is 0 Å². The van der Waals surface area contributed by atoms with Gasteiger partial charge in [-0.25, -0.2) is 0 Å². The molecule has 0 saturated carbocycles. The first-order valence-corrected chi connectivity index (χ1v) is 13.4. The third-order valence-corrected chi connectivity index (χ3v) is 7.19. The number of amides is 2. The largest absolute Gasteiger partial charge is 0.457 e. The zero-order valence-corrected chi connectivity index (χ0v) is 23.3. The van der Waals surface area contributed by atoms with Crippen LogP contribution in [0.2, 0.25) is 5.02 Å². The lowest BCUT2D eigenvalue weighted by Gasteiger charge is -2.29. The number of nitrogens with zero attached hydrogens (tertiary/aromatic N) is 2. The van der Waals surface area contributed by atoms with Crippen LogP contribution in [0.15, 0.2) is 109 Å². The van der Waals surface area contributed by atoms with Gasteiger partial charge >= 0.3 is 0 Å². The molecule has 0 bridgehead atoms. The molecule has 1 N–H and O–H groups in total. The maximum Gasteiger partial charge on any atom is 0.270 e. The molecule has 0 unspecified atom stereocenters. The summed E-state index contributed by atoms with van der Waals surface area (Å²) in [4.78, 5) is 28.2. The van der Waals surface area contributed by atoms with E-state index in [0.717, 1.165) is 10.9 Å². The number of aryl methyl sites for hydroxylation is 1. The first-order chi connectivity index (χ1) is 19.9. The Balaban J connectivity index is 1.38.